The highest BCUT2D eigenvalue weighted by Crippen LogP contribution is 2.33. The van der Waals surface area contributed by atoms with Gasteiger partial charge in [-0.05, 0) is 55.7 Å². The summed E-state index contributed by atoms with van der Waals surface area (Å²) in [5, 5.41) is 0. The molecular formula is C19H21FN2O. The molecule has 0 spiro atoms. The zero-order valence-electron chi connectivity index (χ0n) is 13.4. The number of nitrogen functional groups attached to an aromatic ring is 1. The highest BCUT2D eigenvalue weighted by molar-refractivity contribution is 5.97. The maximum Gasteiger partial charge on any atom is 0.254 e. The third kappa shape index (κ3) is 3.07. The van der Waals surface area contributed by atoms with E-state index in [9.17, 15) is 9.18 Å². The standard InChI is InChI=1S/C19H21FN2O/c1-12-3-8-17(21)10-18(12)19(23)22-11-15(9-13(22)2)14-4-6-16(20)7-5-14/h3-8,10,13,15H,9,11,21H2,1-2H3. The van der Waals surface area contributed by atoms with Crippen molar-refractivity contribution in [2.45, 2.75) is 32.2 Å². The number of carbonyl (C=O) groups is 1. The van der Waals surface area contributed by atoms with E-state index in [0.717, 1.165) is 17.5 Å². The van der Waals surface area contributed by atoms with Crippen LogP contribution in [0.25, 0.3) is 0 Å². The van der Waals surface area contributed by atoms with Gasteiger partial charge in [0.25, 0.3) is 5.91 Å². The van der Waals surface area contributed by atoms with Gasteiger partial charge >= 0.3 is 0 Å². The first kappa shape index (κ1) is 15.5. The number of nitrogens with zero attached hydrogens (tertiary/aromatic N) is 1. The molecule has 120 valence electrons. The minimum Gasteiger partial charge on any atom is -0.399 e. The molecule has 1 saturated heterocycles. The molecule has 3 rings (SSSR count). The van der Waals surface area contributed by atoms with Gasteiger partial charge in [0.05, 0.1) is 0 Å². The molecule has 0 aliphatic carbocycles. The lowest BCUT2D eigenvalue weighted by Gasteiger charge is -2.22. The molecule has 0 saturated carbocycles. The molecule has 2 unspecified atom stereocenters. The first-order valence-electron chi connectivity index (χ1n) is 7.88. The van der Waals surface area contributed by atoms with Crippen LogP contribution in [0.2, 0.25) is 0 Å². The van der Waals surface area contributed by atoms with Gasteiger partial charge in [0.2, 0.25) is 0 Å². The van der Waals surface area contributed by atoms with Gasteiger partial charge in [-0.2, -0.15) is 0 Å². The molecule has 2 atom stereocenters. The van der Waals surface area contributed by atoms with Gasteiger partial charge in [-0.1, -0.05) is 18.2 Å². The molecule has 1 heterocycles. The third-order valence-corrected chi connectivity index (χ3v) is 4.67. The lowest BCUT2D eigenvalue weighted by atomic mass is 9.97. The van der Waals surface area contributed by atoms with E-state index in [1.54, 1.807) is 12.1 Å². The lowest BCUT2D eigenvalue weighted by Crippen LogP contribution is -2.34. The van der Waals surface area contributed by atoms with Crippen LogP contribution in [0.5, 0.6) is 0 Å². The van der Waals surface area contributed by atoms with Crippen molar-refractivity contribution < 1.29 is 9.18 Å². The molecule has 1 aliphatic rings. The Kier molecular flexibility index (Phi) is 4.07. The number of nitrogens with two attached hydrogens (primary N) is 1. The molecule has 1 amide bonds. The summed E-state index contributed by atoms with van der Waals surface area (Å²) in [5.74, 6) is 0.0333. The van der Waals surface area contributed by atoms with Crippen molar-refractivity contribution in [2.75, 3.05) is 12.3 Å². The summed E-state index contributed by atoms with van der Waals surface area (Å²) in [5.41, 5.74) is 9.10. The molecule has 0 aromatic heterocycles. The lowest BCUT2D eigenvalue weighted by molar-refractivity contribution is 0.0745. The van der Waals surface area contributed by atoms with Crippen molar-refractivity contribution >= 4 is 11.6 Å². The molecule has 23 heavy (non-hydrogen) atoms. The summed E-state index contributed by atoms with van der Waals surface area (Å²) in [6, 6.07) is 12.2. The van der Waals surface area contributed by atoms with Crippen LogP contribution in [-0.4, -0.2) is 23.4 Å². The van der Waals surface area contributed by atoms with E-state index in [0.29, 0.717) is 17.8 Å². The first-order chi connectivity index (χ1) is 11.0. The maximum atomic E-state index is 13.1. The zero-order chi connectivity index (χ0) is 16.6. The summed E-state index contributed by atoms with van der Waals surface area (Å²) in [6.45, 7) is 4.63. The Bertz CT molecular complexity index is 727. The predicted molar refractivity (Wildman–Crippen MR) is 89.8 cm³/mol. The number of halogens is 1. The van der Waals surface area contributed by atoms with Crippen molar-refractivity contribution in [3.05, 3.63) is 65.0 Å². The Morgan fingerprint density at radius 3 is 2.61 bits per heavy atom. The average Bonchev–Trinajstić information content (AvgIpc) is 2.91. The number of hydrogen-bond donors (Lipinski definition) is 1. The molecule has 0 radical (unpaired) electrons. The summed E-state index contributed by atoms with van der Waals surface area (Å²) in [7, 11) is 0. The Balaban J connectivity index is 1.82. The number of anilines is 1. The van der Waals surface area contributed by atoms with Gasteiger partial charge in [0, 0.05) is 29.8 Å². The normalized spacial score (nSPS) is 20.7. The van der Waals surface area contributed by atoms with Crippen molar-refractivity contribution in [3.8, 4) is 0 Å². The Morgan fingerprint density at radius 1 is 1.22 bits per heavy atom. The minimum absolute atomic E-state index is 0.0203. The number of rotatable bonds is 2. The van der Waals surface area contributed by atoms with Crippen LogP contribution in [0, 0.1) is 12.7 Å². The van der Waals surface area contributed by atoms with E-state index in [1.807, 2.05) is 30.0 Å². The molecule has 2 aromatic rings. The van der Waals surface area contributed by atoms with E-state index in [4.69, 9.17) is 5.73 Å². The first-order valence-corrected chi connectivity index (χ1v) is 7.88. The Labute approximate surface area is 135 Å². The predicted octanol–water partition coefficient (Wildman–Crippen LogP) is 3.73. The third-order valence-electron chi connectivity index (χ3n) is 4.67. The zero-order valence-corrected chi connectivity index (χ0v) is 13.4. The number of carbonyl (C=O) groups excluding carboxylic acids is 1. The number of likely N-dealkylation sites (tertiary alicyclic amines) is 1. The average molecular weight is 312 g/mol. The van der Waals surface area contributed by atoms with Crippen LogP contribution in [0.3, 0.4) is 0 Å². The second-order valence-electron chi connectivity index (χ2n) is 6.37. The van der Waals surface area contributed by atoms with Gasteiger partial charge in [-0.25, -0.2) is 4.39 Å². The monoisotopic (exact) mass is 312 g/mol. The highest BCUT2D eigenvalue weighted by atomic mass is 19.1. The molecule has 2 N–H and O–H groups in total. The minimum atomic E-state index is -0.233. The van der Waals surface area contributed by atoms with Gasteiger partial charge < -0.3 is 10.6 Å². The number of hydrogen-bond acceptors (Lipinski definition) is 2. The van der Waals surface area contributed by atoms with Crippen molar-refractivity contribution in [3.63, 3.8) is 0 Å². The van der Waals surface area contributed by atoms with Gasteiger partial charge in [0.1, 0.15) is 5.82 Å². The summed E-state index contributed by atoms with van der Waals surface area (Å²) < 4.78 is 13.1. The molecular weight excluding hydrogens is 291 g/mol. The number of aryl methyl sites for hydroxylation is 1. The van der Waals surface area contributed by atoms with Crippen molar-refractivity contribution in [1.29, 1.82) is 0 Å². The Morgan fingerprint density at radius 2 is 1.91 bits per heavy atom. The van der Waals surface area contributed by atoms with Crippen LogP contribution in [0.15, 0.2) is 42.5 Å². The van der Waals surface area contributed by atoms with Crippen LogP contribution < -0.4 is 5.73 Å². The van der Waals surface area contributed by atoms with Gasteiger partial charge in [-0.15, -0.1) is 0 Å². The molecule has 1 aliphatic heterocycles. The summed E-state index contributed by atoms with van der Waals surface area (Å²) in [6.07, 6.45) is 0.888. The highest BCUT2D eigenvalue weighted by Gasteiger charge is 2.34. The largest absolute Gasteiger partial charge is 0.399 e. The number of benzene rings is 2. The van der Waals surface area contributed by atoms with Crippen molar-refractivity contribution in [1.82, 2.24) is 4.90 Å². The van der Waals surface area contributed by atoms with E-state index in [2.05, 4.69) is 6.92 Å². The molecule has 2 aromatic carbocycles. The van der Waals surface area contributed by atoms with E-state index in [-0.39, 0.29) is 23.7 Å². The smallest absolute Gasteiger partial charge is 0.254 e. The second-order valence-corrected chi connectivity index (χ2v) is 6.37. The summed E-state index contributed by atoms with van der Waals surface area (Å²) >= 11 is 0. The van der Waals surface area contributed by atoms with Crippen LogP contribution >= 0.6 is 0 Å². The second kappa shape index (κ2) is 6.03. The van der Waals surface area contributed by atoms with Crippen LogP contribution in [-0.2, 0) is 0 Å². The van der Waals surface area contributed by atoms with Crippen LogP contribution in [0.1, 0.15) is 40.7 Å². The fraction of sp³-hybridized carbons (Fsp3) is 0.316. The molecule has 4 heteroatoms. The number of amides is 1. The van der Waals surface area contributed by atoms with Crippen molar-refractivity contribution in [2.24, 2.45) is 0 Å². The van der Waals surface area contributed by atoms with Crippen LogP contribution in [0.4, 0.5) is 10.1 Å². The van der Waals surface area contributed by atoms with Gasteiger partial charge in [-0.3, -0.25) is 4.79 Å². The van der Waals surface area contributed by atoms with E-state index >= 15 is 0 Å². The fourth-order valence-electron chi connectivity index (χ4n) is 3.32. The Hall–Kier alpha value is -2.36. The van der Waals surface area contributed by atoms with Gasteiger partial charge in [0.15, 0.2) is 0 Å². The van der Waals surface area contributed by atoms with E-state index in [1.165, 1.54) is 12.1 Å². The molecule has 1 fully saturated rings. The quantitative estimate of drug-likeness (QED) is 0.859. The SMILES string of the molecule is Cc1ccc(N)cc1C(=O)N1CC(c2ccc(F)cc2)CC1C. The topological polar surface area (TPSA) is 46.3 Å². The maximum absolute atomic E-state index is 13.1. The fourth-order valence-corrected chi connectivity index (χ4v) is 3.32. The molecule has 0 bridgehead atoms. The van der Waals surface area contributed by atoms with E-state index < -0.39 is 0 Å². The molecule has 3 nitrogen and oxygen atoms in total. The summed E-state index contributed by atoms with van der Waals surface area (Å²) in [4.78, 5) is 14.8.